The predicted molar refractivity (Wildman–Crippen MR) is 97.1 cm³/mol. The highest BCUT2D eigenvalue weighted by Crippen LogP contribution is 2.27. The van der Waals surface area contributed by atoms with E-state index in [-0.39, 0.29) is 5.91 Å². The van der Waals surface area contributed by atoms with E-state index in [2.05, 4.69) is 20.5 Å². The van der Waals surface area contributed by atoms with Gasteiger partial charge in [-0.1, -0.05) is 29.4 Å². The van der Waals surface area contributed by atoms with Crippen molar-refractivity contribution in [3.8, 4) is 5.69 Å². The monoisotopic (exact) mass is 379 g/mol. The lowest BCUT2D eigenvalue weighted by Gasteiger charge is -2.07. The van der Waals surface area contributed by atoms with Crippen LogP contribution in [-0.4, -0.2) is 25.7 Å². The first-order valence-corrected chi connectivity index (χ1v) is 9.28. The maximum absolute atomic E-state index is 11.0. The van der Waals surface area contributed by atoms with E-state index in [1.165, 1.54) is 30.0 Å². The van der Waals surface area contributed by atoms with Crippen LogP contribution in [0.2, 0.25) is 5.02 Å². The van der Waals surface area contributed by atoms with Crippen molar-refractivity contribution in [2.75, 3.05) is 5.32 Å². The summed E-state index contributed by atoms with van der Waals surface area (Å²) in [5.74, 6) is 0.508. The molecular formula is C15H14ClN5OS2. The number of aromatic nitrogens is 4. The first-order chi connectivity index (χ1) is 11.5. The number of halogens is 1. The number of hydrogen-bond donors (Lipinski definition) is 1. The third-order valence-corrected chi connectivity index (χ3v) is 5.32. The molecule has 1 amide bonds. The van der Waals surface area contributed by atoms with E-state index in [1.54, 1.807) is 6.33 Å². The first-order valence-electron chi connectivity index (χ1n) is 7.04. The molecule has 2 heterocycles. The van der Waals surface area contributed by atoms with Crippen LogP contribution in [0.1, 0.15) is 18.2 Å². The molecular weight excluding hydrogens is 366 g/mol. The number of carbonyl (C=O) groups excluding carboxylic acids is 1. The zero-order valence-corrected chi connectivity index (χ0v) is 15.4. The zero-order chi connectivity index (χ0) is 17.1. The number of nitrogens with zero attached hydrogens (tertiary/aromatic N) is 4. The Bertz CT molecular complexity index is 876. The molecule has 3 rings (SSSR count). The van der Waals surface area contributed by atoms with Crippen LogP contribution in [-0.2, 0) is 10.5 Å². The zero-order valence-electron chi connectivity index (χ0n) is 13.0. The van der Waals surface area contributed by atoms with Crippen LogP contribution in [0.3, 0.4) is 0 Å². The van der Waals surface area contributed by atoms with Crippen LogP contribution < -0.4 is 5.32 Å². The summed E-state index contributed by atoms with van der Waals surface area (Å²) in [4.78, 5) is 15.4. The van der Waals surface area contributed by atoms with Crippen molar-refractivity contribution in [2.45, 2.75) is 24.8 Å². The highest BCUT2D eigenvalue weighted by molar-refractivity contribution is 7.98. The van der Waals surface area contributed by atoms with Gasteiger partial charge in [0.1, 0.15) is 6.33 Å². The predicted octanol–water partition coefficient (Wildman–Crippen LogP) is 3.94. The fourth-order valence-electron chi connectivity index (χ4n) is 1.95. The number of thiazole rings is 1. The van der Waals surface area contributed by atoms with E-state index in [4.69, 9.17) is 11.6 Å². The van der Waals surface area contributed by atoms with E-state index in [9.17, 15) is 4.79 Å². The molecule has 0 unspecified atom stereocenters. The smallest absolute Gasteiger partial charge is 0.223 e. The van der Waals surface area contributed by atoms with Gasteiger partial charge < -0.3 is 5.32 Å². The molecule has 1 N–H and O–H groups in total. The maximum Gasteiger partial charge on any atom is 0.223 e. The lowest BCUT2D eigenvalue weighted by atomic mass is 10.2. The quantitative estimate of drug-likeness (QED) is 0.680. The molecule has 0 saturated heterocycles. The fraction of sp³-hybridized carbons (Fsp3) is 0.200. The molecule has 24 heavy (non-hydrogen) atoms. The van der Waals surface area contributed by atoms with Gasteiger partial charge in [-0.25, -0.2) is 4.98 Å². The Hall–Kier alpha value is -1.90. The van der Waals surface area contributed by atoms with Gasteiger partial charge in [-0.2, -0.15) is 0 Å². The van der Waals surface area contributed by atoms with E-state index < -0.39 is 0 Å². The van der Waals surface area contributed by atoms with E-state index in [1.807, 2.05) is 35.1 Å². The molecule has 0 bridgehead atoms. The summed E-state index contributed by atoms with van der Waals surface area (Å²) < 4.78 is 1.89. The minimum atomic E-state index is -0.125. The minimum absolute atomic E-state index is 0.125. The molecule has 9 heteroatoms. The van der Waals surface area contributed by atoms with Gasteiger partial charge in [0.25, 0.3) is 0 Å². The number of benzene rings is 1. The van der Waals surface area contributed by atoms with Crippen LogP contribution >= 0.6 is 34.7 Å². The first kappa shape index (κ1) is 16.9. The Morgan fingerprint density at radius 1 is 1.46 bits per heavy atom. The fourth-order valence-corrected chi connectivity index (χ4v) is 3.81. The molecule has 1 aromatic carbocycles. The van der Waals surface area contributed by atoms with Crippen molar-refractivity contribution >= 4 is 45.7 Å². The van der Waals surface area contributed by atoms with Crippen LogP contribution in [0.5, 0.6) is 0 Å². The molecule has 124 valence electrons. The maximum atomic E-state index is 11.0. The summed E-state index contributed by atoms with van der Waals surface area (Å²) in [5, 5.41) is 14.8. The molecule has 3 aromatic rings. The molecule has 6 nitrogen and oxygen atoms in total. The number of carbonyl (C=O) groups is 1. The summed E-state index contributed by atoms with van der Waals surface area (Å²) >= 11 is 9.12. The Morgan fingerprint density at radius 3 is 3.04 bits per heavy atom. The van der Waals surface area contributed by atoms with Crippen LogP contribution in [0.4, 0.5) is 5.13 Å². The normalized spacial score (nSPS) is 10.8. The molecule has 0 atom stereocenters. The van der Waals surface area contributed by atoms with Crippen molar-refractivity contribution in [1.82, 2.24) is 19.7 Å². The van der Waals surface area contributed by atoms with Gasteiger partial charge in [0.05, 0.1) is 11.4 Å². The van der Waals surface area contributed by atoms with Gasteiger partial charge in [-0.15, -0.1) is 21.5 Å². The third-order valence-electron chi connectivity index (χ3n) is 3.13. The molecule has 0 aliphatic heterocycles. The summed E-state index contributed by atoms with van der Waals surface area (Å²) in [6.45, 7) is 3.42. The number of amides is 1. The second-order valence-electron chi connectivity index (χ2n) is 5.03. The topological polar surface area (TPSA) is 72.7 Å². The number of anilines is 1. The molecule has 0 aliphatic carbocycles. The lowest BCUT2D eigenvalue weighted by Crippen LogP contribution is -2.05. The molecule has 0 spiro atoms. The van der Waals surface area contributed by atoms with E-state index in [0.717, 1.165) is 22.1 Å². The molecule has 0 radical (unpaired) electrons. The number of aryl methyl sites for hydroxylation is 1. The van der Waals surface area contributed by atoms with Gasteiger partial charge in [-0.3, -0.25) is 9.36 Å². The third kappa shape index (κ3) is 3.95. The summed E-state index contributed by atoms with van der Waals surface area (Å²) in [7, 11) is 0. The standard InChI is InChI=1S/C15H14ClN5OS2/c1-9-3-4-12(5-13(9)16)21-8-17-20-15(21)24-7-11-6-23-14(19-11)18-10(2)22/h3-6,8H,7H2,1-2H3,(H,18,19,22). The Kier molecular flexibility index (Phi) is 5.17. The minimum Gasteiger partial charge on any atom is -0.302 e. The number of thioether (sulfide) groups is 1. The Morgan fingerprint density at radius 2 is 2.29 bits per heavy atom. The number of hydrogen-bond acceptors (Lipinski definition) is 6. The second-order valence-corrected chi connectivity index (χ2v) is 7.24. The van der Waals surface area contributed by atoms with Gasteiger partial charge in [0.15, 0.2) is 10.3 Å². The van der Waals surface area contributed by atoms with Gasteiger partial charge in [-0.05, 0) is 24.6 Å². The SMILES string of the molecule is CC(=O)Nc1nc(CSc2nncn2-c2ccc(C)c(Cl)c2)cs1. The molecule has 0 fully saturated rings. The van der Waals surface area contributed by atoms with Crippen molar-refractivity contribution < 1.29 is 4.79 Å². The second kappa shape index (κ2) is 7.33. The van der Waals surface area contributed by atoms with Gasteiger partial charge in [0.2, 0.25) is 5.91 Å². The van der Waals surface area contributed by atoms with Crippen molar-refractivity contribution in [3.05, 3.63) is 46.2 Å². The van der Waals surface area contributed by atoms with Gasteiger partial charge >= 0.3 is 0 Å². The van der Waals surface area contributed by atoms with Crippen molar-refractivity contribution in [2.24, 2.45) is 0 Å². The highest BCUT2D eigenvalue weighted by atomic mass is 35.5. The number of nitrogens with one attached hydrogen (secondary N) is 1. The largest absolute Gasteiger partial charge is 0.302 e. The number of rotatable bonds is 5. The molecule has 0 saturated carbocycles. The van der Waals surface area contributed by atoms with Crippen molar-refractivity contribution in [1.29, 1.82) is 0 Å². The van der Waals surface area contributed by atoms with Crippen molar-refractivity contribution in [3.63, 3.8) is 0 Å². The average Bonchev–Trinajstić information content (AvgIpc) is 3.16. The average molecular weight is 380 g/mol. The summed E-state index contributed by atoms with van der Waals surface area (Å²) in [6.07, 6.45) is 1.66. The molecule has 2 aromatic heterocycles. The van der Waals surface area contributed by atoms with Crippen LogP contribution in [0, 0.1) is 6.92 Å². The lowest BCUT2D eigenvalue weighted by molar-refractivity contribution is -0.114. The van der Waals surface area contributed by atoms with Crippen LogP contribution in [0.25, 0.3) is 5.69 Å². The molecule has 0 aliphatic rings. The highest BCUT2D eigenvalue weighted by Gasteiger charge is 2.10. The summed E-state index contributed by atoms with van der Waals surface area (Å²) in [6, 6.07) is 5.83. The van der Waals surface area contributed by atoms with Crippen LogP contribution in [0.15, 0.2) is 35.1 Å². The Labute approximate surface area is 152 Å². The van der Waals surface area contributed by atoms with E-state index >= 15 is 0 Å². The van der Waals surface area contributed by atoms with E-state index in [0.29, 0.717) is 15.9 Å². The summed E-state index contributed by atoms with van der Waals surface area (Å²) in [5.41, 5.74) is 2.82. The Balaban J connectivity index is 1.72. The van der Waals surface area contributed by atoms with Gasteiger partial charge in [0, 0.05) is 23.1 Å².